The number of hydrogen-bond acceptors (Lipinski definition) is 3. The summed E-state index contributed by atoms with van der Waals surface area (Å²) in [5.41, 5.74) is 1.32. The molecule has 0 saturated carbocycles. The van der Waals surface area contributed by atoms with Gasteiger partial charge in [-0.25, -0.2) is 0 Å². The molecule has 0 aromatic heterocycles. The van der Waals surface area contributed by atoms with Gasteiger partial charge in [-0.15, -0.1) is 0 Å². The third kappa shape index (κ3) is 4.25. The van der Waals surface area contributed by atoms with Crippen LogP contribution in [0.25, 0.3) is 6.08 Å². The van der Waals surface area contributed by atoms with Crippen LogP contribution in [0.4, 0.5) is 18.9 Å². The molecular formula is C20H16F3NOS2. The highest BCUT2D eigenvalue weighted by Gasteiger charge is 2.36. The van der Waals surface area contributed by atoms with Crippen LogP contribution in [0.1, 0.15) is 36.5 Å². The first kappa shape index (κ1) is 19.6. The number of carbonyl (C=O) groups is 1. The molecule has 140 valence electrons. The van der Waals surface area contributed by atoms with Crippen molar-refractivity contribution in [3.63, 3.8) is 0 Å². The molecule has 7 heteroatoms. The number of hydrogen-bond donors (Lipinski definition) is 0. The highest BCUT2D eigenvalue weighted by Crippen LogP contribution is 2.38. The standard InChI is InChI=1S/C20H16F3NOS2/c1-12(2)14-8-6-13(7-9-14)10-17-18(25)24(19(26)27-17)16-5-3-4-15(11-16)20(21,22)23/h3-12H,1-2H3. The maximum Gasteiger partial charge on any atom is 0.416 e. The van der Waals surface area contributed by atoms with Crippen molar-refractivity contribution in [1.29, 1.82) is 0 Å². The molecule has 2 nitrogen and oxygen atoms in total. The first-order valence-electron chi connectivity index (χ1n) is 8.22. The summed E-state index contributed by atoms with van der Waals surface area (Å²) in [6.07, 6.45) is -2.78. The summed E-state index contributed by atoms with van der Waals surface area (Å²) in [7, 11) is 0. The number of amides is 1. The number of halogens is 3. The summed E-state index contributed by atoms with van der Waals surface area (Å²) >= 11 is 6.31. The van der Waals surface area contributed by atoms with Crippen molar-refractivity contribution in [1.82, 2.24) is 0 Å². The SMILES string of the molecule is CC(C)c1ccc(C=C2SC(=S)N(c3cccc(C(F)(F)F)c3)C2=O)cc1. The average Bonchev–Trinajstić information content (AvgIpc) is 2.88. The molecule has 0 bridgehead atoms. The van der Waals surface area contributed by atoms with Gasteiger partial charge in [0.05, 0.1) is 16.2 Å². The first-order chi connectivity index (χ1) is 12.7. The van der Waals surface area contributed by atoms with Crippen LogP contribution in [-0.4, -0.2) is 10.2 Å². The Balaban J connectivity index is 1.89. The first-order valence-corrected chi connectivity index (χ1v) is 9.44. The predicted molar refractivity (Wildman–Crippen MR) is 108 cm³/mol. The van der Waals surface area contributed by atoms with Gasteiger partial charge in [-0.1, -0.05) is 68.2 Å². The molecule has 1 heterocycles. The van der Waals surface area contributed by atoms with Gasteiger partial charge in [0.1, 0.15) is 0 Å². The number of benzene rings is 2. The lowest BCUT2D eigenvalue weighted by Crippen LogP contribution is -2.27. The molecule has 0 unspecified atom stereocenters. The lowest BCUT2D eigenvalue weighted by atomic mass is 10.0. The Morgan fingerprint density at radius 1 is 1.11 bits per heavy atom. The zero-order chi connectivity index (χ0) is 19.8. The molecule has 1 aliphatic heterocycles. The molecule has 2 aromatic rings. The minimum atomic E-state index is -4.48. The number of nitrogens with zero attached hydrogens (tertiary/aromatic N) is 1. The second kappa shape index (κ2) is 7.48. The Labute approximate surface area is 165 Å². The zero-order valence-electron chi connectivity index (χ0n) is 14.6. The summed E-state index contributed by atoms with van der Waals surface area (Å²) in [6, 6.07) is 12.4. The van der Waals surface area contributed by atoms with Crippen LogP contribution in [0.5, 0.6) is 0 Å². The Hall–Kier alpha value is -2.12. The quantitative estimate of drug-likeness (QED) is 0.444. The van der Waals surface area contributed by atoms with Crippen molar-refractivity contribution >= 4 is 46.0 Å². The van der Waals surface area contributed by atoms with Crippen molar-refractivity contribution in [3.05, 3.63) is 70.1 Å². The van der Waals surface area contributed by atoms with Gasteiger partial charge in [-0.05, 0) is 41.3 Å². The number of thiocarbonyl (C=S) groups is 1. The van der Waals surface area contributed by atoms with Crippen molar-refractivity contribution < 1.29 is 18.0 Å². The maximum atomic E-state index is 12.9. The van der Waals surface area contributed by atoms with Crippen molar-refractivity contribution in [2.24, 2.45) is 0 Å². The van der Waals surface area contributed by atoms with Crippen LogP contribution in [0, 0.1) is 0 Å². The molecule has 0 radical (unpaired) electrons. The van der Waals surface area contributed by atoms with E-state index in [1.54, 1.807) is 6.08 Å². The fraction of sp³-hybridized carbons (Fsp3) is 0.200. The smallest absolute Gasteiger partial charge is 0.268 e. The zero-order valence-corrected chi connectivity index (χ0v) is 16.2. The summed E-state index contributed by atoms with van der Waals surface area (Å²) < 4.78 is 39.1. The van der Waals surface area contributed by atoms with Gasteiger partial charge in [0.15, 0.2) is 4.32 Å². The Morgan fingerprint density at radius 2 is 1.78 bits per heavy atom. The maximum absolute atomic E-state index is 12.9. The molecule has 3 rings (SSSR count). The molecule has 2 aromatic carbocycles. The fourth-order valence-electron chi connectivity index (χ4n) is 2.64. The van der Waals surface area contributed by atoms with Gasteiger partial charge in [0.25, 0.3) is 5.91 Å². The number of anilines is 1. The number of rotatable bonds is 3. The van der Waals surface area contributed by atoms with E-state index in [0.717, 1.165) is 34.4 Å². The van der Waals surface area contributed by atoms with Gasteiger partial charge in [-0.2, -0.15) is 13.2 Å². The largest absolute Gasteiger partial charge is 0.416 e. The summed E-state index contributed by atoms with van der Waals surface area (Å²) in [5, 5.41) is 0. The van der Waals surface area contributed by atoms with Crippen molar-refractivity contribution in [2.45, 2.75) is 25.9 Å². The molecule has 0 atom stereocenters. The fourth-order valence-corrected chi connectivity index (χ4v) is 3.94. The van der Waals surface area contributed by atoms with E-state index in [-0.39, 0.29) is 10.0 Å². The van der Waals surface area contributed by atoms with E-state index in [4.69, 9.17) is 12.2 Å². The highest BCUT2D eigenvalue weighted by atomic mass is 32.2. The van der Waals surface area contributed by atoms with Crippen LogP contribution in [0.3, 0.4) is 0 Å². The molecule has 1 fully saturated rings. The molecule has 27 heavy (non-hydrogen) atoms. The Kier molecular flexibility index (Phi) is 5.44. The number of alkyl halides is 3. The summed E-state index contributed by atoms with van der Waals surface area (Å²) in [6.45, 7) is 4.18. The normalized spacial score (nSPS) is 16.7. The monoisotopic (exact) mass is 407 g/mol. The van der Waals surface area contributed by atoms with E-state index in [2.05, 4.69) is 13.8 Å². The summed E-state index contributed by atoms with van der Waals surface area (Å²) in [5.74, 6) is -0.0181. The third-order valence-corrected chi connectivity index (χ3v) is 5.43. The van der Waals surface area contributed by atoms with E-state index >= 15 is 0 Å². The van der Waals surface area contributed by atoms with Crippen molar-refractivity contribution in [3.8, 4) is 0 Å². The van der Waals surface area contributed by atoms with Gasteiger partial charge in [0.2, 0.25) is 0 Å². The Morgan fingerprint density at radius 3 is 2.37 bits per heavy atom. The van der Waals surface area contributed by atoms with E-state index in [0.29, 0.717) is 10.8 Å². The van der Waals surface area contributed by atoms with Crippen LogP contribution in [-0.2, 0) is 11.0 Å². The van der Waals surface area contributed by atoms with Gasteiger partial charge >= 0.3 is 6.18 Å². The van der Waals surface area contributed by atoms with E-state index in [9.17, 15) is 18.0 Å². The molecule has 1 saturated heterocycles. The average molecular weight is 407 g/mol. The Bertz CT molecular complexity index is 918. The topological polar surface area (TPSA) is 20.3 Å². The number of carbonyl (C=O) groups excluding carboxylic acids is 1. The molecular weight excluding hydrogens is 391 g/mol. The molecule has 0 spiro atoms. The van der Waals surface area contributed by atoms with Crippen LogP contribution in [0.2, 0.25) is 0 Å². The predicted octanol–water partition coefficient (Wildman–Crippen LogP) is 6.23. The molecule has 0 N–H and O–H groups in total. The van der Waals surface area contributed by atoms with Crippen LogP contribution in [0.15, 0.2) is 53.4 Å². The molecule has 1 aliphatic rings. The van der Waals surface area contributed by atoms with Crippen molar-refractivity contribution in [2.75, 3.05) is 4.90 Å². The number of thioether (sulfide) groups is 1. The highest BCUT2D eigenvalue weighted by molar-refractivity contribution is 8.27. The van der Waals surface area contributed by atoms with E-state index in [1.807, 2.05) is 24.3 Å². The second-order valence-corrected chi connectivity index (χ2v) is 8.06. The van der Waals surface area contributed by atoms with Crippen LogP contribution >= 0.6 is 24.0 Å². The minimum Gasteiger partial charge on any atom is -0.268 e. The molecule has 1 amide bonds. The second-order valence-electron chi connectivity index (χ2n) is 6.39. The van der Waals surface area contributed by atoms with Crippen LogP contribution < -0.4 is 4.90 Å². The molecule has 0 aliphatic carbocycles. The van der Waals surface area contributed by atoms with Gasteiger partial charge in [-0.3, -0.25) is 9.69 Å². The van der Waals surface area contributed by atoms with E-state index < -0.39 is 17.6 Å². The van der Waals surface area contributed by atoms with Gasteiger partial charge in [0, 0.05) is 0 Å². The van der Waals surface area contributed by atoms with Gasteiger partial charge < -0.3 is 0 Å². The van der Waals surface area contributed by atoms with E-state index in [1.165, 1.54) is 17.7 Å². The lowest BCUT2D eigenvalue weighted by molar-refractivity contribution is -0.137. The minimum absolute atomic E-state index is 0.117. The third-order valence-electron chi connectivity index (χ3n) is 4.13. The summed E-state index contributed by atoms with van der Waals surface area (Å²) in [4.78, 5) is 14.3. The lowest BCUT2D eigenvalue weighted by Gasteiger charge is -2.16.